The smallest absolute Gasteiger partial charge is 0.322 e. The molecule has 1 atom stereocenters. The van der Waals surface area contributed by atoms with Crippen molar-refractivity contribution in [1.29, 1.82) is 0 Å². The van der Waals surface area contributed by atoms with Crippen molar-refractivity contribution in [3.8, 4) is 0 Å². The van der Waals surface area contributed by atoms with Crippen LogP contribution >= 0.6 is 0 Å². The molecule has 4 heteroatoms. The van der Waals surface area contributed by atoms with Crippen LogP contribution in [0.25, 0.3) is 0 Å². The molecule has 1 unspecified atom stereocenters. The molecule has 0 aliphatic carbocycles. The summed E-state index contributed by atoms with van der Waals surface area (Å²) in [6.45, 7) is 1.52. The molecule has 0 bridgehead atoms. The van der Waals surface area contributed by atoms with Gasteiger partial charge in [-0.05, 0) is 24.8 Å². The van der Waals surface area contributed by atoms with E-state index in [1.807, 2.05) is 25.1 Å². The van der Waals surface area contributed by atoms with E-state index in [2.05, 4.69) is 17.4 Å². The Morgan fingerprint density at radius 2 is 1.94 bits per heavy atom. The van der Waals surface area contributed by atoms with Crippen molar-refractivity contribution in [3.05, 3.63) is 35.9 Å². The molecule has 1 aromatic carbocycles. The number of aliphatic carboxylic acids is 1. The van der Waals surface area contributed by atoms with E-state index < -0.39 is 5.97 Å². The van der Waals surface area contributed by atoms with Gasteiger partial charge < -0.3 is 10.4 Å². The van der Waals surface area contributed by atoms with E-state index in [9.17, 15) is 9.59 Å². The van der Waals surface area contributed by atoms with E-state index in [-0.39, 0.29) is 18.4 Å². The fourth-order valence-electron chi connectivity index (χ4n) is 1.73. The van der Waals surface area contributed by atoms with E-state index in [0.717, 1.165) is 19.3 Å². The van der Waals surface area contributed by atoms with Crippen molar-refractivity contribution in [2.45, 2.75) is 26.2 Å². The van der Waals surface area contributed by atoms with E-state index in [4.69, 9.17) is 5.11 Å². The number of hydrogen-bond donors (Lipinski definition) is 2. The molecular weight excluding hydrogens is 230 g/mol. The number of carboxylic acids is 1. The van der Waals surface area contributed by atoms with Crippen LogP contribution in [0, 0.1) is 5.92 Å². The third kappa shape index (κ3) is 5.48. The highest BCUT2D eigenvalue weighted by atomic mass is 16.4. The Kier molecular flexibility index (Phi) is 5.91. The summed E-state index contributed by atoms with van der Waals surface area (Å²) in [5.74, 6) is -1.35. The molecule has 0 fully saturated rings. The molecule has 0 aromatic heterocycles. The average Bonchev–Trinajstić information content (AvgIpc) is 2.37. The molecule has 0 aliphatic heterocycles. The molecule has 0 saturated heterocycles. The number of nitrogens with one attached hydrogen (secondary N) is 1. The normalized spacial score (nSPS) is 11.8. The molecule has 0 saturated carbocycles. The lowest BCUT2D eigenvalue weighted by Crippen LogP contribution is -2.33. The molecule has 4 nitrogen and oxygen atoms in total. The van der Waals surface area contributed by atoms with Gasteiger partial charge in [0.15, 0.2) is 0 Å². The minimum absolute atomic E-state index is 0.145. The second-order valence-electron chi connectivity index (χ2n) is 4.39. The summed E-state index contributed by atoms with van der Waals surface area (Å²) < 4.78 is 0. The van der Waals surface area contributed by atoms with Crippen LogP contribution in [0.2, 0.25) is 0 Å². The number of carbonyl (C=O) groups excluding carboxylic acids is 1. The average molecular weight is 249 g/mol. The van der Waals surface area contributed by atoms with Gasteiger partial charge in [0, 0.05) is 5.92 Å². The maximum atomic E-state index is 11.5. The Balaban J connectivity index is 2.22. The van der Waals surface area contributed by atoms with Crippen LogP contribution in [0.4, 0.5) is 0 Å². The lowest BCUT2D eigenvalue weighted by atomic mass is 10.0. The van der Waals surface area contributed by atoms with Crippen molar-refractivity contribution in [1.82, 2.24) is 5.32 Å². The number of aryl methyl sites for hydroxylation is 1. The standard InChI is InChI=1S/C14H19NO3/c1-11(14(18)15-10-13(16)17)6-5-9-12-7-3-2-4-8-12/h2-4,7-8,11H,5-6,9-10H2,1H3,(H,15,18)(H,16,17). The van der Waals surface area contributed by atoms with Crippen molar-refractivity contribution in [2.75, 3.05) is 6.54 Å². The van der Waals surface area contributed by atoms with Gasteiger partial charge in [-0.3, -0.25) is 9.59 Å². The van der Waals surface area contributed by atoms with E-state index in [1.165, 1.54) is 5.56 Å². The Bertz CT molecular complexity index is 389. The molecule has 1 amide bonds. The molecule has 1 aromatic rings. The van der Waals surface area contributed by atoms with Gasteiger partial charge in [-0.15, -0.1) is 0 Å². The summed E-state index contributed by atoms with van der Waals surface area (Å²) in [7, 11) is 0. The van der Waals surface area contributed by atoms with Gasteiger partial charge in [0.2, 0.25) is 5.91 Å². The zero-order chi connectivity index (χ0) is 13.4. The number of carbonyl (C=O) groups is 2. The fraction of sp³-hybridized carbons (Fsp3) is 0.429. The van der Waals surface area contributed by atoms with Gasteiger partial charge in [-0.25, -0.2) is 0 Å². The molecule has 18 heavy (non-hydrogen) atoms. The lowest BCUT2D eigenvalue weighted by Gasteiger charge is -2.10. The lowest BCUT2D eigenvalue weighted by molar-refractivity contribution is -0.138. The predicted molar refractivity (Wildman–Crippen MR) is 69.2 cm³/mol. The van der Waals surface area contributed by atoms with Gasteiger partial charge in [-0.1, -0.05) is 37.3 Å². The van der Waals surface area contributed by atoms with Crippen LogP contribution in [0.15, 0.2) is 30.3 Å². The summed E-state index contributed by atoms with van der Waals surface area (Å²) in [5, 5.41) is 10.8. The van der Waals surface area contributed by atoms with Crippen LogP contribution in [-0.4, -0.2) is 23.5 Å². The van der Waals surface area contributed by atoms with E-state index in [1.54, 1.807) is 0 Å². The highest BCUT2D eigenvalue weighted by Crippen LogP contribution is 2.10. The first-order valence-electron chi connectivity index (χ1n) is 6.13. The van der Waals surface area contributed by atoms with Crippen LogP contribution in [-0.2, 0) is 16.0 Å². The first-order chi connectivity index (χ1) is 8.59. The van der Waals surface area contributed by atoms with Crippen LogP contribution in [0.1, 0.15) is 25.3 Å². The minimum atomic E-state index is -1.01. The van der Waals surface area contributed by atoms with Gasteiger partial charge in [0.05, 0.1) is 0 Å². The highest BCUT2D eigenvalue weighted by Gasteiger charge is 2.12. The quantitative estimate of drug-likeness (QED) is 0.775. The molecule has 0 aliphatic rings. The summed E-state index contributed by atoms with van der Waals surface area (Å²) in [5.41, 5.74) is 1.26. The Hall–Kier alpha value is -1.84. The third-order valence-corrected chi connectivity index (χ3v) is 2.81. The summed E-state index contributed by atoms with van der Waals surface area (Å²) in [4.78, 5) is 21.8. The summed E-state index contributed by atoms with van der Waals surface area (Å²) in [6, 6.07) is 10.1. The molecule has 0 heterocycles. The number of carboxylic acid groups (broad SMARTS) is 1. The van der Waals surface area contributed by atoms with Crippen molar-refractivity contribution >= 4 is 11.9 Å². The number of hydrogen-bond acceptors (Lipinski definition) is 2. The number of amides is 1. The number of benzene rings is 1. The minimum Gasteiger partial charge on any atom is -0.480 e. The van der Waals surface area contributed by atoms with Gasteiger partial charge in [0.25, 0.3) is 0 Å². The predicted octanol–water partition coefficient (Wildman–Crippen LogP) is 1.85. The van der Waals surface area contributed by atoms with Gasteiger partial charge in [0.1, 0.15) is 6.54 Å². The molecule has 2 N–H and O–H groups in total. The van der Waals surface area contributed by atoms with Crippen LogP contribution < -0.4 is 5.32 Å². The zero-order valence-corrected chi connectivity index (χ0v) is 10.6. The zero-order valence-electron chi connectivity index (χ0n) is 10.6. The highest BCUT2D eigenvalue weighted by molar-refractivity contribution is 5.82. The first kappa shape index (κ1) is 14.2. The fourth-order valence-corrected chi connectivity index (χ4v) is 1.73. The van der Waals surface area contributed by atoms with Gasteiger partial charge >= 0.3 is 5.97 Å². The molecule has 98 valence electrons. The van der Waals surface area contributed by atoms with Crippen molar-refractivity contribution in [2.24, 2.45) is 5.92 Å². The number of rotatable bonds is 7. The van der Waals surface area contributed by atoms with Crippen LogP contribution in [0.5, 0.6) is 0 Å². The molecule has 1 rings (SSSR count). The Morgan fingerprint density at radius 1 is 1.28 bits per heavy atom. The monoisotopic (exact) mass is 249 g/mol. The topological polar surface area (TPSA) is 66.4 Å². The molecule has 0 spiro atoms. The summed E-state index contributed by atoms with van der Waals surface area (Å²) in [6.07, 6.45) is 2.63. The first-order valence-corrected chi connectivity index (χ1v) is 6.13. The third-order valence-electron chi connectivity index (χ3n) is 2.81. The van der Waals surface area contributed by atoms with Gasteiger partial charge in [-0.2, -0.15) is 0 Å². The second-order valence-corrected chi connectivity index (χ2v) is 4.39. The maximum Gasteiger partial charge on any atom is 0.322 e. The summed E-state index contributed by atoms with van der Waals surface area (Å²) >= 11 is 0. The molecular formula is C14H19NO3. The Labute approximate surface area is 107 Å². The van der Waals surface area contributed by atoms with Crippen molar-refractivity contribution < 1.29 is 14.7 Å². The Morgan fingerprint density at radius 3 is 2.56 bits per heavy atom. The SMILES string of the molecule is CC(CCCc1ccccc1)C(=O)NCC(=O)O. The second kappa shape index (κ2) is 7.48. The van der Waals surface area contributed by atoms with Crippen LogP contribution in [0.3, 0.4) is 0 Å². The maximum absolute atomic E-state index is 11.5. The van der Waals surface area contributed by atoms with Crippen molar-refractivity contribution in [3.63, 3.8) is 0 Å². The van der Waals surface area contributed by atoms with E-state index >= 15 is 0 Å². The molecule has 0 radical (unpaired) electrons. The van der Waals surface area contributed by atoms with E-state index in [0.29, 0.717) is 0 Å². The largest absolute Gasteiger partial charge is 0.480 e.